The molecule has 0 aliphatic heterocycles. The molecule has 0 saturated carbocycles. The summed E-state index contributed by atoms with van der Waals surface area (Å²) < 4.78 is 0. The highest BCUT2D eigenvalue weighted by molar-refractivity contribution is 5.54. The quantitative estimate of drug-likeness (QED) is 0.497. The highest BCUT2D eigenvalue weighted by atomic mass is 16.1. The SMILES string of the molecule is C[C@@H]1CC=C[C@H]2CCC(CC=O)=C[C@@]12C. The van der Waals surface area contributed by atoms with E-state index in [-0.39, 0.29) is 0 Å². The first-order valence-corrected chi connectivity index (χ1v) is 5.97. The van der Waals surface area contributed by atoms with Gasteiger partial charge in [0.25, 0.3) is 0 Å². The first-order valence-electron chi connectivity index (χ1n) is 5.97. The molecule has 3 atom stereocenters. The number of fused-ring (bicyclic) bond motifs is 1. The molecular formula is C14H20O. The van der Waals surface area contributed by atoms with Crippen LogP contribution in [0.15, 0.2) is 23.8 Å². The van der Waals surface area contributed by atoms with Crippen molar-refractivity contribution in [2.45, 2.75) is 39.5 Å². The second kappa shape index (κ2) is 3.96. The molecule has 0 bridgehead atoms. The number of rotatable bonds is 2. The second-order valence-electron chi connectivity index (χ2n) is 5.25. The van der Waals surface area contributed by atoms with Crippen molar-refractivity contribution in [3.8, 4) is 0 Å². The maximum atomic E-state index is 10.6. The highest BCUT2D eigenvalue weighted by Gasteiger charge is 2.39. The van der Waals surface area contributed by atoms with Gasteiger partial charge in [-0.15, -0.1) is 0 Å². The third-order valence-electron chi connectivity index (χ3n) is 4.36. The lowest BCUT2D eigenvalue weighted by Crippen LogP contribution is -2.36. The predicted octanol–water partition coefficient (Wildman–Crippen LogP) is 3.51. The number of hydrogen-bond acceptors (Lipinski definition) is 1. The molecule has 1 nitrogen and oxygen atoms in total. The summed E-state index contributed by atoms with van der Waals surface area (Å²) in [6, 6.07) is 0. The average Bonchev–Trinajstić information content (AvgIpc) is 2.20. The summed E-state index contributed by atoms with van der Waals surface area (Å²) in [5.74, 6) is 1.39. The van der Waals surface area contributed by atoms with Crippen LogP contribution in [0.2, 0.25) is 0 Å². The third-order valence-corrected chi connectivity index (χ3v) is 4.36. The van der Waals surface area contributed by atoms with E-state index >= 15 is 0 Å². The second-order valence-corrected chi connectivity index (χ2v) is 5.25. The van der Waals surface area contributed by atoms with Gasteiger partial charge in [0, 0.05) is 6.42 Å². The molecule has 0 saturated heterocycles. The normalized spacial score (nSPS) is 39.5. The van der Waals surface area contributed by atoms with Crippen molar-refractivity contribution in [2.75, 3.05) is 0 Å². The Hall–Kier alpha value is -0.850. The first-order chi connectivity index (χ1) is 7.16. The predicted molar refractivity (Wildman–Crippen MR) is 62.5 cm³/mol. The van der Waals surface area contributed by atoms with Gasteiger partial charge in [0.1, 0.15) is 6.29 Å². The van der Waals surface area contributed by atoms with Gasteiger partial charge in [-0.2, -0.15) is 0 Å². The molecule has 0 aromatic heterocycles. The fourth-order valence-electron chi connectivity index (χ4n) is 3.05. The maximum Gasteiger partial charge on any atom is 0.124 e. The van der Waals surface area contributed by atoms with Gasteiger partial charge in [-0.05, 0) is 36.5 Å². The van der Waals surface area contributed by atoms with E-state index in [0.29, 0.717) is 23.7 Å². The number of carbonyl (C=O) groups is 1. The Balaban J connectivity index is 2.29. The molecule has 0 aromatic carbocycles. The third kappa shape index (κ3) is 1.80. The van der Waals surface area contributed by atoms with Crippen LogP contribution in [0.4, 0.5) is 0 Å². The minimum Gasteiger partial charge on any atom is -0.303 e. The molecule has 0 spiro atoms. The van der Waals surface area contributed by atoms with Gasteiger partial charge < -0.3 is 4.79 Å². The topological polar surface area (TPSA) is 17.1 Å². The summed E-state index contributed by atoms with van der Waals surface area (Å²) in [4.78, 5) is 10.6. The van der Waals surface area contributed by atoms with Crippen LogP contribution in [0, 0.1) is 17.3 Å². The Morgan fingerprint density at radius 1 is 1.60 bits per heavy atom. The van der Waals surface area contributed by atoms with Crippen molar-refractivity contribution in [3.63, 3.8) is 0 Å². The standard InChI is InChI=1S/C14H20O/c1-11-4-3-5-13-7-6-12(8-9-15)10-14(11,13)2/h3,5,9-11,13H,4,6-8H2,1-2H3/t11-,13+,14+/m1/s1. The average molecular weight is 204 g/mol. The molecule has 0 amide bonds. The van der Waals surface area contributed by atoms with E-state index in [2.05, 4.69) is 32.1 Å². The van der Waals surface area contributed by atoms with Gasteiger partial charge in [-0.25, -0.2) is 0 Å². The van der Waals surface area contributed by atoms with E-state index in [1.807, 2.05) is 0 Å². The summed E-state index contributed by atoms with van der Waals surface area (Å²) in [6.07, 6.45) is 12.3. The Morgan fingerprint density at radius 3 is 3.13 bits per heavy atom. The summed E-state index contributed by atoms with van der Waals surface area (Å²) in [6.45, 7) is 4.69. The van der Waals surface area contributed by atoms with Crippen LogP contribution in [-0.4, -0.2) is 6.29 Å². The van der Waals surface area contributed by atoms with Crippen molar-refractivity contribution < 1.29 is 4.79 Å². The highest BCUT2D eigenvalue weighted by Crippen LogP contribution is 2.49. The molecule has 0 radical (unpaired) electrons. The number of carbonyl (C=O) groups excluding carboxylic acids is 1. The Morgan fingerprint density at radius 2 is 2.40 bits per heavy atom. The smallest absolute Gasteiger partial charge is 0.124 e. The van der Waals surface area contributed by atoms with Gasteiger partial charge in [0.2, 0.25) is 0 Å². The molecule has 2 aliphatic carbocycles. The van der Waals surface area contributed by atoms with Crippen molar-refractivity contribution in [2.24, 2.45) is 17.3 Å². The zero-order chi connectivity index (χ0) is 10.9. The Bertz CT molecular complexity index is 313. The molecule has 82 valence electrons. The molecular weight excluding hydrogens is 184 g/mol. The molecule has 2 aliphatic rings. The van der Waals surface area contributed by atoms with E-state index in [1.165, 1.54) is 18.4 Å². The summed E-state index contributed by atoms with van der Waals surface area (Å²) in [5.41, 5.74) is 1.65. The van der Waals surface area contributed by atoms with Gasteiger partial charge in [-0.3, -0.25) is 0 Å². The van der Waals surface area contributed by atoms with Crippen LogP contribution in [-0.2, 0) is 4.79 Å². The maximum absolute atomic E-state index is 10.6. The van der Waals surface area contributed by atoms with E-state index in [9.17, 15) is 4.79 Å². The van der Waals surface area contributed by atoms with Crippen LogP contribution in [0.25, 0.3) is 0 Å². The van der Waals surface area contributed by atoms with Gasteiger partial charge in [-0.1, -0.05) is 37.6 Å². The Kier molecular flexibility index (Phi) is 2.81. The molecule has 0 fully saturated rings. The van der Waals surface area contributed by atoms with E-state index in [4.69, 9.17) is 0 Å². The number of hydrogen-bond donors (Lipinski definition) is 0. The summed E-state index contributed by atoms with van der Waals surface area (Å²) in [5, 5.41) is 0. The van der Waals surface area contributed by atoms with Crippen molar-refractivity contribution >= 4 is 6.29 Å². The fraction of sp³-hybridized carbons (Fsp3) is 0.643. The lowest BCUT2D eigenvalue weighted by Gasteiger charge is -2.45. The minimum absolute atomic E-state index is 0.297. The fourth-order valence-corrected chi connectivity index (χ4v) is 3.05. The monoisotopic (exact) mass is 204 g/mol. The zero-order valence-corrected chi connectivity index (χ0v) is 9.70. The Labute approximate surface area is 92.3 Å². The zero-order valence-electron chi connectivity index (χ0n) is 9.70. The van der Waals surface area contributed by atoms with Gasteiger partial charge >= 0.3 is 0 Å². The van der Waals surface area contributed by atoms with Crippen molar-refractivity contribution in [1.29, 1.82) is 0 Å². The number of allylic oxidation sites excluding steroid dienone is 4. The summed E-state index contributed by atoms with van der Waals surface area (Å²) >= 11 is 0. The molecule has 2 rings (SSSR count). The molecule has 0 unspecified atom stereocenters. The van der Waals surface area contributed by atoms with Crippen LogP contribution in [0.5, 0.6) is 0 Å². The molecule has 1 heteroatoms. The summed E-state index contributed by atoms with van der Waals surface area (Å²) in [7, 11) is 0. The molecule has 0 aromatic rings. The minimum atomic E-state index is 0.297. The van der Waals surface area contributed by atoms with E-state index in [0.717, 1.165) is 12.7 Å². The van der Waals surface area contributed by atoms with Crippen LogP contribution < -0.4 is 0 Å². The van der Waals surface area contributed by atoms with E-state index in [1.54, 1.807) is 0 Å². The molecule has 15 heavy (non-hydrogen) atoms. The first kappa shape index (κ1) is 10.7. The van der Waals surface area contributed by atoms with Gasteiger partial charge in [0.15, 0.2) is 0 Å². The molecule has 0 N–H and O–H groups in total. The lowest BCUT2D eigenvalue weighted by atomic mass is 9.60. The van der Waals surface area contributed by atoms with E-state index < -0.39 is 0 Å². The number of aldehydes is 1. The van der Waals surface area contributed by atoms with Crippen molar-refractivity contribution in [3.05, 3.63) is 23.8 Å². The van der Waals surface area contributed by atoms with Crippen LogP contribution in [0.1, 0.15) is 39.5 Å². The van der Waals surface area contributed by atoms with Crippen LogP contribution >= 0.6 is 0 Å². The van der Waals surface area contributed by atoms with Crippen molar-refractivity contribution in [1.82, 2.24) is 0 Å². The lowest BCUT2D eigenvalue weighted by molar-refractivity contribution is -0.107. The largest absolute Gasteiger partial charge is 0.303 e. The van der Waals surface area contributed by atoms with Gasteiger partial charge in [0.05, 0.1) is 0 Å². The molecule has 0 heterocycles. The van der Waals surface area contributed by atoms with Crippen LogP contribution in [0.3, 0.4) is 0 Å².